The lowest BCUT2D eigenvalue weighted by Gasteiger charge is -2.27. The molecule has 0 aliphatic heterocycles. The van der Waals surface area contributed by atoms with Crippen molar-refractivity contribution >= 4 is 5.57 Å². The molecule has 0 saturated carbocycles. The summed E-state index contributed by atoms with van der Waals surface area (Å²) < 4.78 is 0. The van der Waals surface area contributed by atoms with Gasteiger partial charge in [0.2, 0.25) is 0 Å². The van der Waals surface area contributed by atoms with E-state index in [2.05, 4.69) is 75.4 Å². The number of hydrogen-bond donors (Lipinski definition) is 0. The minimum absolute atomic E-state index is 0.276. The van der Waals surface area contributed by atoms with Crippen molar-refractivity contribution in [1.29, 1.82) is 0 Å². The maximum atomic E-state index is 2.49. The quantitative estimate of drug-likeness (QED) is 0.569. The maximum absolute atomic E-state index is 2.49. The molecule has 0 aromatic heterocycles. The van der Waals surface area contributed by atoms with Crippen molar-refractivity contribution in [2.75, 3.05) is 0 Å². The average Bonchev–Trinajstić information content (AvgIpc) is 2.92. The molecular weight excluding hydrogens is 276 g/mol. The Morgan fingerprint density at radius 1 is 0.826 bits per heavy atom. The van der Waals surface area contributed by atoms with Crippen LogP contribution in [0.25, 0.3) is 16.7 Å². The first kappa shape index (κ1) is 14.5. The van der Waals surface area contributed by atoms with E-state index in [1.165, 1.54) is 40.7 Å². The molecule has 0 bridgehead atoms. The zero-order valence-electron chi connectivity index (χ0n) is 14.3. The number of benzene rings is 2. The minimum atomic E-state index is 0.276. The van der Waals surface area contributed by atoms with Gasteiger partial charge in [0, 0.05) is 0 Å². The molecule has 0 N–H and O–H groups in total. The number of allylic oxidation sites excluding steroid dienone is 4. The average molecular weight is 300 g/mol. The Kier molecular flexibility index (Phi) is 3.30. The summed E-state index contributed by atoms with van der Waals surface area (Å²) in [4.78, 5) is 0. The maximum Gasteiger partial charge on any atom is -0.00516 e. The van der Waals surface area contributed by atoms with E-state index in [9.17, 15) is 0 Å². The lowest BCUT2D eigenvalue weighted by molar-refractivity contribution is 0.480. The number of hydrogen-bond acceptors (Lipinski definition) is 0. The van der Waals surface area contributed by atoms with Gasteiger partial charge < -0.3 is 0 Å². The summed E-state index contributed by atoms with van der Waals surface area (Å²) >= 11 is 0. The van der Waals surface area contributed by atoms with Crippen LogP contribution in [0.2, 0.25) is 0 Å². The van der Waals surface area contributed by atoms with Gasteiger partial charge in [-0.3, -0.25) is 0 Å². The van der Waals surface area contributed by atoms with Crippen molar-refractivity contribution in [3.63, 3.8) is 0 Å². The fourth-order valence-corrected chi connectivity index (χ4v) is 3.83. The smallest absolute Gasteiger partial charge is 0.00516 e. The fourth-order valence-electron chi connectivity index (χ4n) is 3.83. The number of fused-ring (bicyclic) bond motifs is 2. The Balaban J connectivity index is 1.79. The zero-order valence-corrected chi connectivity index (χ0v) is 14.3. The third-order valence-corrected chi connectivity index (χ3v) is 5.27. The van der Waals surface area contributed by atoms with E-state index in [0.29, 0.717) is 0 Å². The summed E-state index contributed by atoms with van der Waals surface area (Å²) in [5, 5.41) is 0. The van der Waals surface area contributed by atoms with Crippen LogP contribution in [0, 0.1) is 5.41 Å². The molecule has 2 aliphatic carbocycles. The molecular formula is C23H24. The Morgan fingerprint density at radius 2 is 1.61 bits per heavy atom. The zero-order chi connectivity index (χ0) is 16.0. The molecule has 0 saturated heterocycles. The first-order valence-corrected chi connectivity index (χ1v) is 8.64. The Labute approximate surface area is 139 Å². The van der Waals surface area contributed by atoms with Gasteiger partial charge in [-0.1, -0.05) is 80.5 Å². The minimum Gasteiger partial charge on any atom is -0.0639 e. The second kappa shape index (κ2) is 5.23. The van der Waals surface area contributed by atoms with Gasteiger partial charge in [0.1, 0.15) is 0 Å². The van der Waals surface area contributed by atoms with E-state index >= 15 is 0 Å². The monoisotopic (exact) mass is 300 g/mol. The van der Waals surface area contributed by atoms with E-state index < -0.39 is 0 Å². The third kappa shape index (κ3) is 2.57. The van der Waals surface area contributed by atoms with E-state index in [1.807, 2.05) is 0 Å². The van der Waals surface area contributed by atoms with E-state index in [4.69, 9.17) is 0 Å². The Morgan fingerprint density at radius 3 is 2.35 bits per heavy atom. The predicted molar refractivity (Wildman–Crippen MR) is 99.3 cm³/mol. The Bertz CT molecular complexity index is 811. The second-order valence-electron chi connectivity index (χ2n) is 7.85. The molecule has 4 rings (SSSR count). The van der Waals surface area contributed by atoms with Crippen LogP contribution in [0.5, 0.6) is 0 Å². The van der Waals surface area contributed by atoms with Crippen LogP contribution in [0.4, 0.5) is 0 Å². The molecule has 0 heteroatoms. The van der Waals surface area contributed by atoms with Crippen molar-refractivity contribution in [3.8, 4) is 11.1 Å². The van der Waals surface area contributed by atoms with Crippen LogP contribution in [0.3, 0.4) is 0 Å². The first-order valence-electron chi connectivity index (χ1n) is 8.64. The van der Waals surface area contributed by atoms with Crippen LogP contribution in [0.15, 0.2) is 65.8 Å². The van der Waals surface area contributed by atoms with Gasteiger partial charge in [0.05, 0.1) is 0 Å². The third-order valence-electron chi connectivity index (χ3n) is 5.27. The van der Waals surface area contributed by atoms with Gasteiger partial charge in [-0.25, -0.2) is 0 Å². The van der Waals surface area contributed by atoms with Gasteiger partial charge in [0.15, 0.2) is 0 Å². The molecule has 0 amide bonds. The van der Waals surface area contributed by atoms with Crippen LogP contribution in [0.1, 0.15) is 44.7 Å². The summed E-state index contributed by atoms with van der Waals surface area (Å²) in [5.74, 6) is 0. The topological polar surface area (TPSA) is 0 Å². The molecule has 0 fully saturated rings. The van der Waals surface area contributed by atoms with Crippen molar-refractivity contribution in [3.05, 3.63) is 76.9 Å². The SMILES string of the molecule is CC(C)(C)C1=CC2=C(CC1)Cc1ccc(-c3ccccc3)cc12. The lowest BCUT2D eigenvalue weighted by atomic mass is 9.78. The van der Waals surface area contributed by atoms with E-state index in [-0.39, 0.29) is 5.41 Å². The largest absolute Gasteiger partial charge is 0.0639 e. The van der Waals surface area contributed by atoms with Gasteiger partial charge in [0.25, 0.3) is 0 Å². The van der Waals surface area contributed by atoms with Gasteiger partial charge >= 0.3 is 0 Å². The van der Waals surface area contributed by atoms with Gasteiger partial charge in [-0.05, 0) is 58.6 Å². The fraction of sp³-hybridized carbons (Fsp3) is 0.304. The number of rotatable bonds is 1. The molecule has 2 aromatic rings. The molecule has 0 atom stereocenters. The highest BCUT2D eigenvalue weighted by Crippen LogP contribution is 2.45. The molecule has 0 spiro atoms. The van der Waals surface area contributed by atoms with Crippen LogP contribution in [-0.4, -0.2) is 0 Å². The summed E-state index contributed by atoms with van der Waals surface area (Å²) in [6.45, 7) is 7.00. The van der Waals surface area contributed by atoms with Crippen molar-refractivity contribution in [2.45, 2.75) is 40.0 Å². The molecule has 2 aliphatic rings. The summed E-state index contributed by atoms with van der Waals surface area (Å²) in [5.41, 5.74) is 10.6. The lowest BCUT2D eigenvalue weighted by Crippen LogP contribution is -2.12. The van der Waals surface area contributed by atoms with E-state index in [0.717, 1.165) is 6.42 Å². The van der Waals surface area contributed by atoms with Crippen molar-refractivity contribution in [2.24, 2.45) is 5.41 Å². The molecule has 116 valence electrons. The highest BCUT2D eigenvalue weighted by Gasteiger charge is 2.27. The first-order chi connectivity index (χ1) is 11.0. The summed E-state index contributed by atoms with van der Waals surface area (Å²) in [6, 6.07) is 17.7. The molecule has 0 unspecified atom stereocenters. The van der Waals surface area contributed by atoms with Crippen molar-refractivity contribution in [1.82, 2.24) is 0 Å². The Hall–Kier alpha value is -2.08. The molecule has 23 heavy (non-hydrogen) atoms. The van der Waals surface area contributed by atoms with Gasteiger partial charge in [-0.15, -0.1) is 0 Å². The predicted octanol–water partition coefficient (Wildman–Crippen LogP) is 6.43. The summed E-state index contributed by atoms with van der Waals surface area (Å²) in [7, 11) is 0. The molecule has 0 nitrogen and oxygen atoms in total. The molecule has 0 heterocycles. The summed E-state index contributed by atoms with van der Waals surface area (Å²) in [6.07, 6.45) is 6.09. The highest BCUT2D eigenvalue weighted by molar-refractivity contribution is 5.86. The van der Waals surface area contributed by atoms with E-state index in [1.54, 1.807) is 11.1 Å². The van der Waals surface area contributed by atoms with Crippen LogP contribution >= 0.6 is 0 Å². The van der Waals surface area contributed by atoms with Crippen LogP contribution in [-0.2, 0) is 6.42 Å². The molecule has 0 radical (unpaired) electrons. The normalized spacial score (nSPS) is 16.9. The highest BCUT2D eigenvalue weighted by atomic mass is 14.3. The van der Waals surface area contributed by atoms with Gasteiger partial charge in [-0.2, -0.15) is 0 Å². The molecule has 2 aromatic carbocycles. The van der Waals surface area contributed by atoms with Crippen molar-refractivity contribution < 1.29 is 0 Å². The second-order valence-corrected chi connectivity index (χ2v) is 7.85. The van der Waals surface area contributed by atoms with Crippen LogP contribution < -0.4 is 0 Å². The standard InChI is InChI=1S/C23H24/c1-23(2,3)20-12-11-19-13-18-10-9-17(14-21(18)22(19)15-20)16-7-5-4-6-8-16/h4-10,14-15H,11-13H2,1-3H3.